The van der Waals surface area contributed by atoms with E-state index in [1.165, 1.54) is 18.0 Å². The van der Waals surface area contributed by atoms with Crippen LogP contribution in [0.1, 0.15) is 23.7 Å². The minimum Gasteiger partial charge on any atom is -0.462 e. The fraction of sp³-hybridized carbons (Fsp3) is 0.615. The SMILES string of the molecule is CCOC(=O)c1cnc(SCCOCCCOC)nc1N. The number of nitrogens with zero attached hydrogens (tertiary/aromatic N) is 2. The van der Waals surface area contributed by atoms with Crippen LogP contribution in [0.3, 0.4) is 0 Å². The molecule has 8 heteroatoms. The lowest BCUT2D eigenvalue weighted by atomic mass is 10.3. The average molecular weight is 315 g/mol. The number of anilines is 1. The fourth-order valence-electron chi connectivity index (χ4n) is 1.41. The first-order valence-electron chi connectivity index (χ1n) is 6.68. The van der Waals surface area contributed by atoms with Gasteiger partial charge in [-0.3, -0.25) is 0 Å². The second kappa shape index (κ2) is 10.4. The van der Waals surface area contributed by atoms with Crippen molar-refractivity contribution < 1.29 is 19.0 Å². The van der Waals surface area contributed by atoms with Crippen LogP contribution < -0.4 is 5.73 Å². The smallest absolute Gasteiger partial charge is 0.343 e. The van der Waals surface area contributed by atoms with E-state index in [-0.39, 0.29) is 18.0 Å². The van der Waals surface area contributed by atoms with Crippen LogP contribution in [0.25, 0.3) is 0 Å². The minimum absolute atomic E-state index is 0.131. The number of nitrogen functional groups attached to an aromatic ring is 1. The number of esters is 1. The van der Waals surface area contributed by atoms with Crippen molar-refractivity contribution in [1.29, 1.82) is 0 Å². The van der Waals surface area contributed by atoms with Crippen molar-refractivity contribution >= 4 is 23.5 Å². The molecule has 1 aromatic heterocycles. The molecule has 0 amide bonds. The Morgan fingerprint density at radius 2 is 2.19 bits per heavy atom. The second-order valence-electron chi connectivity index (χ2n) is 3.98. The number of ether oxygens (including phenoxy) is 3. The van der Waals surface area contributed by atoms with Crippen molar-refractivity contribution in [2.45, 2.75) is 18.5 Å². The molecular weight excluding hydrogens is 294 g/mol. The van der Waals surface area contributed by atoms with Crippen LogP contribution in [0.5, 0.6) is 0 Å². The number of aromatic nitrogens is 2. The van der Waals surface area contributed by atoms with Gasteiger partial charge in [-0.15, -0.1) is 0 Å². The number of nitrogens with two attached hydrogens (primary N) is 1. The molecule has 1 aromatic rings. The quantitative estimate of drug-likeness (QED) is 0.299. The first kappa shape index (κ1) is 17.7. The zero-order chi connectivity index (χ0) is 15.5. The number of carbonyl (C=O) groups excluding carboxylic acids is 1. The molecule has 0 atom stereocenters. The summed E-state index contributed by atoms with van der Waals surface area (Å²) in [5.41, 5.74) is 5.92. The number of thioether (sulfide) groups is 1. The van der Waals surface area contributed by atoms with E-state index in [0.29, 0.717) is 30.7 Å². The Morgan fingerprint density at radius 3 is 2.86 bits per heavy atom. The van der Waals surface area contributed by atoms with E-state index in [1.807, 2.05) is 0 Å². The van der Waals surface area contributed by atoms with Crippen LogP contribution in [0, 0.1) is 0 Å². The van der Waals surface area contributed by atoms with Gasteiger partial charge in [-0.2, -0.15) is 0 Å². The Morgan fingerprint density at radius 1 is 1.38 bits per heavy atom. The summed E-state index contributed by atoms with van der Waals surface area (Å²) < 4.78 is 15.2. The van der Waals surface area contributed by atoms with E-state index in [1.54, 1.807) is 14.0 Å². The van der Waals surface area contributed by atoms with Crippen LogP contribution in [-0.2, 0) is 14.2 Å². The molecule has 0 aliphatic rings. The molecule has 1 rings (SSSR count). The first-order chi connectivity index (χ1) is 10.2. The number of rotatable bonds is 10. The Balaban J connectivity index is 2.33. The van der Waals surface area contributed by atoms with Crippen molar-refractivity contribution in [3.63, 3.8) is 0 Å². The lowest BCUT2D eigenvalue weighted by Crippen LogP contribution is -2.11. The maximum atomic E-state index is 11.5. The van der Waals surface area contributed by atoms with E-state index >= 15 is 0 Å². The lowest BCUT2D eigenvalue weighted by molar-refractivity contribution is 0.0526. The van der Waals surface area contributed by atoms with Gasteiger partial charge >= 0.3 is 5.97 Å². The number of hydrogen-bond acceptors (Lipinski definition) is 8. The molecular formula is C13H21N3O4S. The third-order valence-corrected chi connectivity index (χ3v) is 3.21. The molecule has 0 fully saturated rings. The molecule has 0 aromatic carbocycles. The van der Waals surface area contributed by atoms with Crippen molar-refractivity contribution in [3.05, 3.63) is 11.8 Å². The van der Waals surface area contributed by atoms with Crippen molar-refractivity contribution in [2.75, 3.05) is 45.0 Å². The normalized spacial score (nSPS) is 10.6. The molecule has 0 aliphatic carbocycles. The molecule has 7 nitrogen and oxygen atoms in total. The Hall–Kier alpha value is -1.38. The average Bonchev–Trinajstić information content (AvgIpc) is 2.46. The molecule has 0 radical (unpaired) electrons. The van der Waals surface area contributed by atoms with Crippen LogP contribution >= 0.6 is 11.8 Å². The highest BCUT2D eigenvalue weighted by Gasteiger charge is 2.13. The first-order valence-corrected chi connectivity index (χ1v) is 7.66. The van der Waals surface area contributed by atoms with Gasteiger partial charge in [0.25, 0.3) is 0 Å². The zero-order valence-electron chi connectivity index (χ0n) is 12.3. The summed E-state index contributed by atoms with van der Waals surface area (Å²) in [5, 5.41) is 0.515. The van der Waals surface area contributed by atoms with Crippen LogP contribution in [-0.4, -0.2) is 55.2 Å². The predicted molar refractivity (Wildman–Crippen MR) is 80.4 cm³/mol. The number of hydrogen-bond donors (Lipinski definition) is 1. The van der Waals surface area contributed by atoms with E-state index in [9.17, 15) is 4.79 Å². The Bertz CT molecular complexity index is 445. The largest absolute Gasteiger partial charge is 0.462 e. The molecule has 0 bridgehead atoms. The molecule has 21 heavy (non-hydrogen) atoms. The summed E-state index contributed by atoms with van der Waals surface area (Å²) >= 11 is 1.42. The van der Waals surface area contributed by atoms with Gasteiger partial charge in [0.05, 0.1) is 13.2 Å². The summed E-state index contributed by atoms with van der Waals surface area (Å²) in [5.74, 6) is 0.338. The van der Waals surface area contributed by atoms with Gasteiger partial charge in [0.2, 0.25) is 0 Å². The van der Waals surface area contributed by atoms with E-state index < -0.39 is 5.97 Å². The van der Waals surface area contributed by atoms with Crippen LogP contribution in [0.2, 0.25) is 0 Å². The highest BCUT2D eigenvalue weighted by molar-refractivity contribution is 7.99. The van der Waals surface area contributed by atoms with Crippen molar-refractivity contribution in [1.82, 2.24) is 9.97 Å². The minimum atomic E-state index is -0.506. The standard InChI is InChI=1S/C13H21N3O4S/c1-3-20-12(17)10-9-15-13(16-11(10)14)21-8-7-19-6-4-5-18-2/h9H,3-8H2,1-2H3,(H2,14,15,16). The topological polar surface area (TPSA) is 96.6 Å². The Kier molecular flexibility index (Phi) is 8.72. The third kappa shape index (κ3) is 6.74. The van der Waals surface area contributed by atoms with Gasteiger partial charge in [0.15, 0.2) is 5.16 Å². The summed E-state index contributed by atoms with van der Waals surface area (Å²) in [6.45, 7) is 3.97. The maximum absolute atomic E-state index is 11.5. The monoisotopic (exact) mass is 315 g/mol. The lowest BCUT2D eigenvalue weighted by Gasteiger charge is -2.06. The van der Waals surface area contributed by atoms with Gasteiger partial charge in [-0.25, -0.2) is 14.8 Å². The predicted octanol–water partition coefficient (Wildman–Crippen LogP) is 1.38. The van der Waals surface area contributed by atoms with Gasteiger partial charge in [-0.05, 0) is 13.3 Å². The van der Waals surface area contributed by atoms with Gasteiger partial charge < -0.3 is 19.9 Å². The summed E-state index contributed by atoms with van der Waals surface area (Å²) in [7, 11) is 1.66. The molecule has 0 unspecified atom stereocenters. The molecule has 0 saturated heterocycles. The second-order valence-corrected chi connectivity index (χ2v) is 5.04. The van der Waals surface area contributed by atoms with Crippen LogP contribution in [0.4, 0.5) is 5.82 Å². The zero-order valence-corrected chi connectivity index (χ0v) is 13.1. The maximum Gasteiger partial charge on any atom is 0.343 e. The number of carbonyl (C=O) groups is 1. The number of methoxy groups -OCH3 is 1. The Labute approximate surface area is 128 Å². The summed E-state index contributed by atoms with van der Waals surface area (Å²) in [6, 6.07) is 0. The van der Waals surface area contributed by atoms with Gasteiger partial charge in [-0.1, -0.05) is 11.8 Å². The van der Waals surface area contributed by atoms with E-state index in [4.69, 9.17) is 19.9 Å². The van der Waals surface area contributed by atoms with Crippen molar-refractivity contribution in [2.24, 2.45) is 0 Å². The van der Waals surface area contributed by atoms with E-state index in [2.05, 4.69) is 9.97 Å². The van der Waals surface area contributed by atoms with Crippen molar-refractivity contribution in [3.8, 4) is 0 Å². The highest BCUT2D eigenvalue weighted by Crippen LogP contribution is 2.16. The molecule has 0 saturated carbocycles. The highest BCUT2D eigenvalue weighted by atomic mass is 32.2. The third-order valence-electron chi connectivity index (χ3n) is 2.39. The molecule has 2 N–H and O–H groups in total. The fourth-order valence-corrected chi connectivity index (χ4v) is 2.09. The molecule has 118 valence electrons. The molecule has 0 aliphatic heterocycles. The van der Waals surface area contributed by atoms with E-state index in [0.717, 1.165) is 6.42 Å². The molecule has 1 heterocycles. The van der Waals surface area contributed by atoms with Gasteiger partial charge in [0.1, 0.15) is 11.4 Å². The van der Waals surface area contributed by atoms with Crippen LogP contribution in [0.15, 0.2) is 11.4 Å². The summed E-state index contributed by atoms with van der Waals surface area (Å²) in [6.07, 6.45) is 2.26. The summed E-state index contributed by atoms with van der Waals surface area (Å²) in [4.78, 5) is 19.7. The molecule has 0 spiro atoms. The van der Waals surface area contributed by atoms with Gasteiger partial charge in [0, 0.05) is 32.3 Å².